The van der Waals surface area contributed by atoms with Gasteiger partial charge in [-0.3, -0.25) is 14.4 Å². The average molecular weight is 246 g/mol. The summed E-state index contributed by atoms with van der Waals surface area (Å²) >= 11 is 0. The summed E-state index contributed by atoms with van der Waals surface area (Å²) in [6.07, 6.45) is 0.765. The van der Waals surface area contributed by atoms with E-state index in [2.05, 4.69) is 10.2 Å². The third-order valence-corrected chi connectivity index (χ3v) is 2.09. The van der Waals surface area contributed by atoms with Crippen LogP contribution in [0.4, 0.5) is 0 Å². The molecule has 0 rings (SSSR count). The molecule has 0 spiro atoms. The summed E-state index contributed by atoms with van der Waals surface area (Å²) < 4.78 is 0. The molecule has 0 aliphatic heterocycles. The molecule has 0 aromatic carbocycles. The van der Waals surface area contributed by atoms with Gasteiger partial charge in [0.05, 0.1) is 6.54 Å². The fourth-order valence-electron chi connectivity index (χ4n) is 1.25. The van der Waals surface area contributed by atoms with E-state index in [1.807, 2.05) is 0 Å². The number of aliphatic carboxylic acids is 1. The molecule has 1 atom stereocenters. The number of carbonyl (C=O) groups excluding carboxylic acids is 2. The first-order chi connectivity index (χ1) is 7.88. The Morgan fingerprint density at radius 2 is 1.94 bits per heavy atom. The average Bonchev–Trinajstić information content (AvgIpc) is 2.21. The van der Waals surface area contributed by atoms with E-state index in [1.165, 1.54) is 13.8 Å². The van der Waals surface area contributed by atoms with E-state index in [1.54, 1.807) is 7.05 Å². The minimum atomic E-state index is -0.950. The number of rotatable bonds is 6. The molecule has 0 aliphatic carbocycles. The van der Waals surface area contributed by atoms with Gasteiger partial charge >= 0.3 is 11.9 Å². The van der Waals surface area contributed by atoms with Gasteiger partial charge < -0.3 is 15.3 Å². The second-order valence-electron chi connectivity index (χ2n) is 3.53. The normalized spacial score (nSPS) is 11.7. The predicted octanol–water partition coefficient (Wildman–Crippen LogP) is -0.234. The Labute approximate surface area is 99.7 Å². The number of amides is 1. The zero-order chi connectivity index (χ0) is 13.4. The maximum absolute atomic E-state index is 11.1. The second kappa shape index (κ2) is 7.61. The first kappa shape index (κ1) is 15.4. The van der Waals surface area contributed by atoms with Crippen molar-refractivity contribution < 1.29 is 24.3 Å². The van der Waals surface area contributed by atoms with E-state index < -0.39 is 23.9 Å². The van der Waals surface area contributed by atoms with Crippen molar-refractivity contribution in [2.24, 2.45) is 0 Å². The highest BCUT2D eigenvalue weighted by molar-refractivity contribution is 5.75. The molecule has 0 saturated carbocycles. The van der Waals surface area contributed by atoms with Crippen molar-refractivity contribution in [3.63, 3.8) is 0 Å². The van der Waals surface area contributed by atoms with Gasteiger partial charge in [0.2, 0.25) is 0 Å². The van der Waals surface area contributed by atoms with Gasteiger partial charge in [0.1, 0.15) is 6.04 Å². The Bertz CT molecular complexity index is 292. The highest BCUT2D eigenvalue weighted by atomic mass is 16.7. The van der Waals surface area contributed by atoms with Crippen molar-refractivity contribution in [3.8, 4) is 0 Å². The summed E-state index contributed by atoms with van der Waals surface area (Å²) in [6, 6.07) is -0.666. The second-order valence-corrected chi connectivity index (χ2v) is 3.53. The SMILES string of the molecule is CN[C@@H](CCCN(OC(C)=O)C(C)=O)C(=O)O. The summed E-state index contributed by atoms with van der Waals surface area (Å²) in [5.74, 6) is -1.92. The summed E-state index contributed by atoms with van der Waals surface area (Å²) in [5, 5.41) is 12.3. The quantitative estimate of drug-likeness (QED) is 0.628. The van der Waals surface area contributed by atoms with Gasteiger partial charge in [-0.1, -0.05) is 0 Å². The van der Waals surface area contributed by atoms with Gasteiger partial charge in [0.25, 0.3) is 5.91 Å². The molecule has 7 nitrogen and oxygen atoms in total. The van der Waals surface area contributed by atoms with Crippen molar-refractivity contribution in [3.05, 3.63) is 0 Å². The first-order valence-corrected chi connectivity index (χ1v) is 5.25. The smallest absolute Gasteiger partial charge is 0.329 e. The first-order valence-electron chi connectivity index (χ1n) is 5.25. The monoisotopic (exact) mass is 246 g/mol. The highest BCUT2D eigenvalue weighted by Crippen LogP contribution is 2.02. The molecule has 0 fully saturated rings. The molecule has 0 bridgehead atoms. The van der Waals surface area contributed by atoms with Crippen LogP contribution in [0.5, 0.6) is 0 Å². The predicted molar refractivity (Wildman–Crippen MR) is 58.9 cm³/mol. The minimum absolute atomic E-state index is 0.181. The van der Waals surface area contributed by atoms with Crippen molar-refractivity contribution in [2.75, 3.05) is 13.6 Å². The third kappa shape index (κ3) is 6.52. The number of carbonyl (C=O) groups is 3. The van der Waals surface area contributed by atoms with Gasteiger partial charge in [-0.25, -0.2) is 0 Å². The topological polar surface area (TPSA) is 95.9 Å². The van der Waals surface area contributed by atoms with Crippen molar-refractivity contribution in [1.82, 2.24) is 10.4 Å². The summed E-state index contributed by atoms with van der Waals surface area (Å²) in [7, 11) is 1.55. The fraction of sp³-hybridized carbons (Fsp3) is 0.700. The van der Waals surface area contributed by atoms with Crippen LogP contribution in [0.3, 0.4) is 0 Å². The summed E-state index contributed by atoms with van der Waals surface area (Å²) in [6.45, 7) is 2.65. The highest BCUT2D eigenvalue weighted by Gasteiger charge is 2.17. The van der Waals surface area contributed by atoms with Crippen LogP contribution in [0, 0.1) is 0 Å². The zero-order valence-corrected chi connectivity index (χ0v) is 10.2. The Kier molecular flexibility index (Phi) is 6.88. The lowest BCUT2D eigenvalue weighted by Crippen LogP contribution is -2.36. The van der Waals surface area contributed by atoms with Gasteiger partial charge in [-0.15, -0.1) is 0 Å². The van der Waals surface area contributed by atoms with Gasteiger partial charge in [-0.2, -0.15) is 5.06 Å². The standard InChI is InChI=1S/C10H18N2O5/c1-7(13)12(17-8(2)14)6-4-5-9(11-3)10(15)16/h9,11H,4-6H2,1-3H3,(H,15,16)/t9-/m0/s1. The van der Waals surface area contributed by atoms with Crippen molar-refractivity contribution in [1.29, 1.82) is 0 Å². The fourth-order valence-corrected chi connectivity index (χ4v) is 1.25. The van der Waals surface area contributed by atoms with E-state index in [0.717, 1.165) is 5.06 Å². The Balaban J connectivity index is 4.09. The lowest BCUT2D eigenvalue weighted by molar-refractivity contribution is -0.195. The van der Waals surface area contributed by atoms with Gasteiger partial charge in [-0.05, 0) is 19.9 Å². The van der Waals surface area contributed by atoms with Crippen LogP contribution in [-0.4, -0.2) is 47.6 Å². The molecule has 7 heteroatoms. The van der Waals surface area contributed by atoms with Crippen LogP contribution >= 0.6 is 0 Å². The zero-order valence-electron chi connectivity index (χ0n) is 10.2. The number of hydrogen-bond donors (Lipinski definition) is 2. The molecule has 0 aromatic rings. The lowest BCUT2D eigenvalue weighted by Gasteiger charge is -2.19. The van der Waals surface area contributed by atoms with Crippen LogP contribution in [0.15, 0.2) is 0 Å². The molecule has 0 saturated heterocycles. The molecule has 0 heterocycles. The van der Waals surface area contributed by atoms with Crippen LogP contribution in [0.2, 0.25) is 0 Å². The molecule has 0 unspecified atom stereocenters. The van der Waals surface area contributed by atoms with Crippen LogP contribution in [0.1, 0.15) is 26.7 Å². The number of hydroxylamine groups is 2. The lowest BCUT2D eigenvalue weighted by atomic mass is 10.1. The van der Waals surface area contributed by atoms with E-state index in [9.17, 15) is 14.4 Å². The molecule has 0 aliphatic rings. The van der Waals surface area contributed by atoms with Crippen LogP contribution in [-0.2, 0) is 19.2 Å². The molecular weight excluding hydrogens is 228 g/mol. The maximum atomic E-state index is 11.1. The molecular formula is C10H18N2O5. The molecule has 98 valence electrons. The molecule has 17 heavy (non-hydrogen) atoms. The molecule has 1 amide bonds. The minimum Gasteiger partial charge on any atom is -0.480 e. The van der Waals surface area contributed by atoms with Crippen LogP contribution < -0.4 is 5.32 Å². The Morgan fingerprint density at radius 3 is 2.29 bits per heavy atom. The molecule has 2 N–H and O–H groups in total. The van der Waals surface area contributed by atoms with Gasteiger partial charge in [0.15, 0.2) is 0 Å². The number of hydrogen-bond acceptors (Lipinski definition) is 5. The van der Waals surface area contributed by atoms with E-state index in [4.69, 9.17) is 5.11 Å². The van der Waals surface area contributed by atoms with E-state index in [0.29, 0.717) is 12.8 Å². The summed E-state index contributed by atoms with van der Waals surface area (Å²) in [4.78, 5) is 37.1. The van der Waals surface area contributed by atoms with E-state index >= 15 is 0 Å². The Morgan fingerprint density at radius 1 is 1.35 bits per heavy atom. The summed E-state index contributed by atoms with van der Waals surface area (Å²) in [5.41, 5.74) is 0. The van der Waals surface area contributed by atoms with Gasteiger partial charge in [0, 0.05) is 13.8 Å². The Hall–Kier alpha value is -1.63. The largest absolute Gasteiger partial charge is 0.480 e. The number of nitrogens with zero attached hydrogens (tertiary/aromatic N) is 1. The van der Waals surface area contributed by atoms with E-state index in [-0.39, 0.29) is 6.54 Å². The maximum Gasteiger partial charge on any atom is 0.329 e. The number of likely N-dealkylation sites (N-methyl/N-ethyl adjacent to an activating group) is 1. The third-order valence-electron chi connectivity index (χ3n) is 2.09. The molecule has 0 aromatic heterocycles. The van der Waals surface area contributed by atoms with Crippen molar-refractivity contribution in [2.45, 2.75) is 32.7 Å². The number of carboxylic acid groups (broad SMARTS) is 1. The number of nitrogens with one attached hydrogen (secondary N) is 1. The number of carboxylic acids is 1. The molecule has 0 radical (unpaired) electrons. The van der Waals surface area contributed by atoms with Crippen molar-refractivity contribution >= 4 is 17.8 Å². The van der Waals surface area contributed by atoms with Crippen LogP contribution in [0.25, 0.3) is 0 Å².